The molecule has 0 aliphatic carbocycles. The molecule has 0 aromatic carbocycles. The minimum absolute atomic E-state index is 0.127. The largest absolute Gasteiger partial charge is 0.456 e. The Labute approximate surface area is 60.1 Å². The van der Waals surface area contributed by atoms with Gasteiger partial charge in [0.2, 0.25) is 0 Å². The van der Waals surface area contributed by atoms with Gasteiger partial charge >= 0.3 is 5.24 Å². The summed E-state index contributed by atoms with van der Waals surface area (Å²) in [4.78, 5) is 0. The van der Waals surface area contributed by atoms with Crippen molar-refractivity contribution in [1.82, 2.24) is 0 Å². The molecule has 0 amide bonds. The van der Waals surface area contributed by atoms with E-state index in [4.69, 9.17) is 9.47 Å². The van der Waals surface area contributed by atoms with E-state index in [9.17, 15) is 0 Å². The topological polar surface area (TPSA) is 18.5 Å². The number of hydrogen-bond donors (Lipinski definition) is 0. The van der Waals surface area contributed by atoms with Crippen molar-refractivity contribution in [2.24, 2.45) is 5.41 Å². The van der Waals surface area contributed by atoms with Gasteiger partial charge in [0.15, 0.2) is 0 Å². The summed E-state index contributed by atoms with van der Waals surface area (Å²) in [5.41, 5.74) is 0.127. The fraction of sp³-hybridized carbons (Fsp3) is 0.833. The predicted molar refractivity (Wildman–Crippen MR) is 38.3 cm³/mol. The van der Waals surface area contributed by atoms with Crippen molar-refractivity contribution in [3.05, 3.63) is 0 Å². The van der Waals surface area contributed by atoms with Gasteiger partial charge in [-0.05, 0) is 0 Å². The minimum atomic E-state index is 0.127. The second kappa shape index (κ2) is 2.14. The quantitative estimate of drug-likeness (QED) is 0.480. The highest BCUT2D eigenvalue weighted by atomic mass is 32.1. The van der Waals surface area contributed by atoms with Crippen LogP contribution < -0.4 is 0 Å². The molecule has 1 aliphatic heterocycles. The Bertz CT molecular complexity index is 119. The van der Waals surface area contributed by atoms with E-state index in [-0.39, 0.29) is 10.7 Å². The lowest BCUT2D eigenvalue weighted by Gasteiger charge is -2.29. The fourth-order valence-corrected chi connectivity index (χ4v) is 0.710. The lowest BCUT2D eigenvalue weighted by molar-refractivity contribution is 0.0144. The van der Waals surface area contributed by atoms with E-state index in [0.29, 0.717) is 13.2 Å². The van der Waals surface area contributed by atoms with E-state index in [1.54, 1.807) is 0 Å². The highest BCUT2D eigenvalue weighted by molar-refractivity contribution is 7.79. The van der Waals surface area contributed by atoms with Crippen LogP contribution in [0.3, 0.4) is 0 Å². The van der Waals surface area contributed by atoms with Crippen molar-refractivity contribution in [3.63, 3.8) is 0 Å². The van der Waals surface area contributed by atoms with E-state index >= 15 is 0 Å². The third-order valence-corrected chi connectivity index (χ3v) is 1.40. The van der Waals surface area contributed by atoms with Gasteiger partial charge < -0.3 is 9.47 Å². The Hall–Kier alpha value is -0.310. The van der Waals surface area contributed by atoms with Crippen LogP contribution in [0.25, 0.3) is 0 Å². The zero-order chi connectivity index (χ0) is 6.91. The summed E-state index contributed by atoms with van der Waals surface area (Å²) in [7, 11) is 0. The molecule has 1 rings (SSSR count). The van der Waals surface area contributed by atoms with Gasteiger partial charge in [0.25, 0.3) is 0 Å². The van der Waals surface area contributed by atoms with Gasteiger partial charge in [-0.15, -0.1) is 0 Å². The molecular formula is C6H10O2S. The number of thiocarbonyl (C=S) groups is 1. The maximum absolute atomic E-state index is 5.00. The summed E-state index contributed by atoms with van der Waals surface area (Å²) in [6.07, 6.45) is 0. The van der Waals surface area contributed by atoms with Gasteiger partial charge in [0.05, 0.1) is 0 Å². The molecule has 1 fully saturated rings. The Morgan fingerprint density at radius 2 is 1.78 bits per heavy atom. The van der Waals surface area contributed by atoms with E-state index in [2.05, 4.69) is 26.1 Å². The average molecular weight is 146 g/mol. The lowest BCUT2D eigenvalue weighted by atomic mass is 9.96. The monoisotopic (exact) mass is 146 g/mol. The first kappa shape index (κ1) is 6.81. The molecule has 9 heavy (non-hydrogen) atoms. The summed E-state index contributed by atoms with van der Waals surface area (Å²) in [5.74, 6) is 0. The Morgan fingerprint density at radius 3 is 2.11 bits per heavy atom. The molecule has 0 atom stereocenters. The molecule has 1 saturated heterocycles. The fourth-order valence-electron chi connectivity index (χ4n) is 0.592. The maximum atomic E-state index is 5.00. The molecule has 0 spiro atoms. The highest BCUT2D eigenvalue weighted by Gasteiger charge is 2.25. The Kier molecular flexibility index (Phi) is 1.62. The van der Waals surface area contributed by atoms with Crippen LogP contribution in [-0.2, 0) is 9.47 Å². The third-order valence-electron chi connectivity index (χ3n) is 1.16. The van der Waals surface area contributed by atoms with E-state index in [0.717, 1.165) is 0 Å². The van der Waals surface area contributed by atoms with Crippen molar-refractivity contribution in [2.75, 3.05) is 13.2 Å². The second-order valence-corrected chi connectivity index (χ2v) is 3.32. The van der Waals surface area contributed by atoms with Crippen molar-refractivity contribution in [1.29, 1.82) is 0 Å². The Morgan fingerprint density at radius 1 is 1.33 bits per heavy atom. The van der Waals surface area contributed by atoms with Crippen LogP contribution in [0.4, 0.5) is 0 Å². The smallest absolute Gasteiger partial charge is 0.352 e. The summed E-state index contributed by atoms with van der Waals surface area (Å²) >= 11 is 4.66. The molecule has 0 unspecified atom stereocenters. The van der Waals surface area contributed by atoms with E-state index < -0.39 is 0 Å². The molecule has 2 nitrogen and oxygen atoms in total. The summed E-state index contributed by atoms with van der Waals surface area (Å²) < 4.78 is 10.0. The predicted octanol–water partition coefficient (Wildman–Crippen LogP) is 1.34. The van der Waals surface area contributed by atoms with Gasteiger partial charge in [-0.3, -0.25) is 0 Å². The first-order valence-electron chi connectivity index (χ1n) is 2.90. The Balaban J connectivity index is 2.44. The van der Waals surface area contributed by atoms with Crippen LogP contribution in [0.5, 0.6) is 0 Å². The van der Waals surface area contributed by atoms with E-state index in [1.165, 1.54) is 0 Å². The minimum Gasteiger partial charge on any atom is -0.456 e. The molecule has 0 aromatic heterocycles. The number of hydrogen-bond acceptors (Lipinski definition) is 3. The maximum Gasteiger partial charge on any atom is 0.352 e. The normalized spacial score (nSPS) is 24.4. The molecule has 52 valence electrons. The molecule has 0 bridgehead atoms. The van der Waals surface area contributed by atoms with Crippen molar-refractivity contribution in [2.45, 2.75) is 13.8 Å². The summed E-state index contributed by atoms with van der Waals surface area (Å²) in [6, 6.07) is 0. The van der Waals surface area contributed by atoms with Crippen molar-refractivity contribution in [3.8, 4) is 0 Å². The standard InChI is InChI=1S/C6H10O2S/c1-6(2)3-7-5(9)8-4-6/h3-4H2,1-2H3. The van der Waals surface area contributed by atoms with Crippen LogP contribution >= 0.6 is 12.2 Å². The third kappa shape index (κ3) is 1.82. The molecular weight excluding hydrogens is 136 g/mol. The summed E-state index contributed by atoms with van der Waals surface area (Å²) in [5, 5.41) is 0.286. The van der Waals surface area contributed by atoms with Crippen molar-refractivity contribution >= 4 is 17.5 Å². The van der Waals surface area contributed by atoms with Crippen LogP contribution in [-0.4, -0.2) is 18.5 Å². The lowest BCUT2D eigenvalue weighted by Crippen LogP contribution is -2.34. The zero-order valence-electron chi connectivity index (χ0n) is 5.64. The molecule has 1 aliphatic rings. The van der Waals surface area contributed by atoms with Crippen molar-refractivity contribution < 1.29 is 9.47 Å². The molecule has 0 N–H and O–H groups in total. The zero-order valence-corrected chi connectivity index (χ0v) is 6.46. The average Bonchev–Trinajstić information content (AvgIpc) is 1.78. The highest BCUT2D eigenvalue weighted by Crippen LogP contribution is 2.20. The van der Waals surface area contributed by atoms with Crippen LogP contribution in [0.1, 0.15) is 13.8 Å². The van der Waals surface area contributed by atoms with E-state index in [1.807, 2.05) is 0 Å². The van der Waals surface area contributed by atoms with Crippen LogP contribution in [0.15, 0.2) is 0 Å². The van der Waals surface area contributed by atoms with Crippen LogP contribution in [0.2, 0.25) is 0 Å². The van der Waals surface area contributed by atoms with Gasteiger partial charge in [0, 0.05) is 17.6 Å². The second-order valence-electron chi connectivity index (χ2n) is 2.99. The first-order valence-corrected chi connectivity index (χ1v) is 3.31. The number of ether oxygens (including phenoxy) is 2. The van der Waals surface area contributed by atoms with Gasteiger partial charge in [-0.2, -0.15) is 0 Å². The molecule has 1 heterocycles. The first-order chi connectivity index (χ1) is 4.10. The molecule has 0 saturated carbocycles. The molecule has 0 radical (unpaired) electrons. The SMILES string of the molecule is CC1(C)COC(=S)OC1. The van der Waals surface area contributed by atoms with Gasteiger partial charge in [0.1, 0.15) is 13.2 Å². The molecule has 0 aromatic rings. The van der Waals surface area contributed by atoms with Gasteiger partial charge in [-0.25, -0.2) is 0 Å². The summed E-state index contributed by atoms with van der Waals surface area (Å²) in [6.45, 7) is 5.50. The van der Waals surface area contributed by atoms with Crippen LogP contribution in [0, 0.1) is 5.41 Å². The number of rotatable bonds is 0. The van der Waals surface area contributed by atoms with Gasteiger partial charge in [-0.1, -0.05) is 13.8 Å². The molecule has 3 heteroatoms.